The molecule has 1 nitrogen and oxygen atoms in total. The van der Waals surface area contributed by atoms with E-state index in [2.05, 4.69) is 205 Å². The minimum atomic E-state index is 1.11. The Hall–Kier alpha value is -6.44. The van der Waals surface area contributed by atoms with Gasteiger partial charge >= 0.3 is 0 Å². The van der Waals surface area contributed by atoms with E-state index in [1.165, 1.54) is 65.7 Å². The van der Waals surface area contributed by atoms with Crippen molar-refractivity contribution in [3.8, 4) is 33.4 Å². The van der Waals surface area contributed by atoms with Gasteiger partial charge in [0, 0.05) is 16.9 Å². The van der Waals surface area contributed by atoms with Crippen LogP contribution in [0.1, 0.15) is 0 Å². The van der Waals surface area contributed by atoms with E-state index in [1.807, 2.05) is 0 Å². The van der Waals surface area contributed by atoms with Gasteiger partial charge in [-0.05, 0) is 96.5 Å². The average molecular weight is 624 g/mol. The van der Waals surface area contributed by atoms with Crippen molar-refractivity contribution in [1.82, 2.24) is 0 Å². The third kappa shape index (κ3) is 5.32. The van der Waals surface area contributed by atoms with E-state index in [4.69, 9.17) is 0 Å². The normalized spacial score (nSPS) is 11.3. The van der Waals surface area contributed by atoms with E-state index in [0.717, 1.165) is 17.1 Å². The van der Waals surface area contributed by atoms with Gasteiger partial charge in [-0.1, -0.05) is 164 Å². The summed E-state index contributed by atoms with van der Waals surface area (Å²) in [4.78, 5) is 2.41. The zero-order valence-corrected chi connectivity index (χ0v) is 27.0. The second-order valence-corrected chi connectivity index (χ2v) is 12.6. The van der Waals surface area contributed by atoms with Crippen LogP contribution < -0.4 is 4.90 Å². The van der Waals surface area contributed by atoms with Crippen molar-refractivity contribution in [3.63, 3.8) is 0 Å². The first-order valence-electron chi connectivity index (χ1n) is 16.8. The summed E-state index contributed by atoms with van der Waals surface area (Å²) >= 11 is 0. The molecular weight excluding hydrogens is 591 g/mol. The van der Waals surface area contributed by atoms with Crippen molar-refractivity contribution in [2.24, 2.45) is 0 Å². The van der Waals surface area contributed by atoms with E-state index in [1.54, 1.807) is 0 Å². The molecule has 0 unspecified atom stereocenters. The average Bonchev–Trinajstić information content (AvgIpc) is 3.18. The second kappa shape index (κ2) is 12.3. The van der Waals surface area contributed by atoms with Gasteiger partial charge in [0.25, 0.3) is 0 Å². The van der Waals surface area contributed by atoms with E-state index in [-0.39, 0.29) is 0 Å². The third-order valence-corrected chi connectivity index (χ3v) is 9.64. The molecule has 0 N–H and O–H groups in total. The van der Waals surface area contributed by atoms with Crippen LogP contribution in [0.3, 0.4) is 0 Å². The topological polar surface area (TPSA) is 3.24 Å². The maximum absolute atomic E-state index is 2.41. The van der Waals surface area contributed by atoms with Crippen LogP contribution in [0.15, 0.2) is 200 Å². The highest BCUT2D eigenvalue weighted by Crippen LogP contribution is 2.43. The molecule has 0 bridgehead atoms. The Bertz CT molecular complexity index is 2590. The van der Waals surface area contributed by atoms with Crippen LogP contribution in [-0.4, -0.2) is 0 Å². The lowest BCUT2D eigenvalue weighted by molar-refractivity contribution is 1.29. The van der Waals surface area contributed by atoms with Gasteiger partial charge in [0.1, 0.15) is 0 Å². The van der Waals surface area contributed by atoms with Crippen molar-refractivity contribution in [3.05, 3.63) is 200 Å². The molecule has 0 aliphatic rings. The number of benzene rings is 9. The van der Waals surface area contributed by atoms with Gasteiger partial charge in [-0.3, -0.25) is 0 Å². The summed E-state index contributed by atoms with van der Waals surface area (Å²) in [5.41, 5.74) is 10.6. The molecule has 230 valence electrons. The molecule has 0 aliphatic heterocycles. The van der Waals surface area contributed by atoms with E-state index >= 15 is 0 Å². The fourth-order valence-electron chi connectivity index (χ4n) is 7.24. The minimum absolute atomic E-state index is 1.11. The maximum Gasteiger partial charge on any atom is 0.0540 e. The molecule has 0 spiro atoms. The summed E-state index contributed by atoms with van der Waals surface area (Å²) in [7, 11) is 0. The largest absolute Gasteiger partial charge is 0.310 e. The van der Waals surface area contributed by atoms with Gasteiger partial charge in [-0.25, -0.2) is 0 Å². The molecule has 49 heavy (non-hydrogen) atoms. The maximum atomic E-state index is 2.41. The third-order valence-electron chi connectivity index (χ3n) is 9.64. The van der Waals surface area contributed by atoms with Gasteiger partial charge in [0.05, 0.1) is 5.69 Å². The zero-order valence-electron chi connectivity index (χ0n) is 27.0. The number of hydrogen-bond donors (Lipinski definition) is 0. The first kappa shape index (κ1) is 28.8. The number of fused-ring (bicyclic) bond motifs is 4. The molecule has 0 aromatic heterocycles. The van der Waals surface area contributed by atoms with Crippen LogP contribution in [0.2, 0.25) is 0 Å². The van der Waals surface area contributed by atoms with Crippen molar-refractivity contribution < 1.29 is 0 Å². The molecule has 0 heterocycles. The predicted molar refractivity (Wildman–Crippen MR) is 210 cm³/mol. The standard InChI is InChI=1S/C48H33N/c1-2-12-34(13-3-1)35-26-28-41(29-27-35)49(42-30-31-46-40(33-42)25-24-37-15-5-7-20-44(37)46)48-23-9-8-21-47(48)39-18-10-17-38(32-39)45-22-11-16-36-14-4-6-19-43(36)45/h1-33H. The lowest BCUT2D eigenvalue weighted by Crippen LogP contribution is -2.11. The fourth-order valence-corrected chi connectivity index (χ4v) is 7.24. The van der Waals surface area contributed by atoms with Crippen LogP contribution >= 0.6 is 0 Å². The number of para-hydroxylation sites is 1. The fraction of sp³-hybridized carbons (Fsp3) is 0. The van der Waals surface area contributed by atoms with Crippen LogP contribution in [0, 0.1) is 0 Å². The Morgan fingerprint density at radius 2 is 0.796 bits per heavy atom. The van der Waals surface area contributed by atoms with Crippen molar-refractivity contribution in [1.29, 1.82) is 0 Å². The minimum Gasteiger partial charge on any atom is -0.310 e. The van der Waals surface area contributed by atoms with E-state index in [0.29, 0.717) is 0 Å². The van der Waals surface area contributed by atoms with E-state index in [9.17, 15) is 0 Å². The molecule has 0 saturated carbocycles. The highest BCUT2D eigenvalue weighted by molar-refractivity contribution is 6.09. The lowest BCUT2D eigenvalue weighted by atomic mass is 9.94. The highest BCUT2D eigenvalue weighted by Gasteiger charge is 2.18. The van der Waals surface area contributed by atoms with Crippen LogP contribution in [0.5, 0.6) is 0 Å². The quantitative estimate of drug-likeness (QED) is 0.167. The Balaban J connectivity index is 1.21. The van der Waals surface area contributed by atoms with Crippen LogP contribution in [0.25, 0.3) is 65.7 Å². The first-order valence-corrected chi connectivity index (χ1v) is 16.8. The summed E-state index contributed by atoms with van der Waals surface area (Å²) in [6.45, 7) is 0. The van der Waals surface area contributed by atoms with Crippen molar-refractivity contribution in [2.45, 2.75) is 0 Å². The van der Waals surface area contributed by atoms with Crippen LogP contribution in [-0.2, 0) is 0 Å². The van der Waals surface area contributed by atoms with Gasteiger partial charge in [0.15, 0.2) is 0 Å². The van der Waals surface area contributed by atoms with Gasteiger partial charge in [0.2, 0.25) is 0 Å². The molecular formula is C48H33N. The number of nitrogens with zero attached hydrogens (tertiary/aromatic N) is 1. The first-order chi connectivity index (χ1) is 24.3. The number of anilines is 3. The van der Waals surface area contributed by atoms with Crippen molar-refractivity contribution >= 4 is 49.4 Å². The van der Waals surface area contributed by atoms with Gasteiger partial charge in [-0.2, -0.15) is 0 Å². The molecule has 0 saturated heterocycles. The Morgan fingerprint density at radius 3 is 1.63 bits per heavy atom. The monoisotopic (exact) mass is 623 g/mol. The second-order valence-electron chi connectivity index (χ2n) is 12.6. The molecule has 1 heteroatoms. The van der Waals surface area contributed by atoms with Crippen LogP contribution in [0.4, 0.5) is 17.1 Å². The summed E-state index contributed by atoms with van der Waals surface area (Å²) in [5, 5.41) is 7.53. The molecule has 9 rings (SSSR count). The number of rotatable bonds is 6. The molecule has 9 aromatic rings. The lowest BCUT2D eigenvalue weighted by Gasteiger charge is -2.28. The Labute approximate surface area is 287 Å². The van der Waals surface area contributed by atoms with Gasteiger partial charge in [-0.15, -0.1) is 0 Å². The molecule has 0 amide bonds. The smallest absolute Gasteiger partial charge is 0.0540 e. The molecule has 0 aliphatic carbocycles. The highest BCUT2D eigenvalue weighted by atomic mass is 15.1. The predicted octanol–water partition coefficient (Wildman–Crippen LogP) is 13.6. The summed E-state index contributed by atoms with van der Waals surface area (Å²) < 4.78 is 0. The molecule has 0 radical (unpaired) electrons. The Kier molecular flexibility index (Phi) is 7.22. The Morgan fingerprint density at radius 1 is 0.265 bits per heavy atom. The molecule has 9 aromatic carbocycles. The number of hydrogen-bond acceptors (Lipinski definition) is 1. The summed E-state index contributed by atoms with van der Waals surface area (Å²) in [6.07, 6.45) is 0. The molecule has 0 fully saturated rings. The van der Waals surface area contributed by atoms with Gasteiger partial charge < -0.3 is 4.90 Å². The summed E-state index contributed by atoms with van der Waals surface area (Å²) in [6, 6.07) is 72.5. The van der Waals surface area contributed by atoms with Crippen molar-refractivity contribution in [2.75, 3.05) is 4.90 Å². The summed E-state index contributed by atoms with van der Waals surface area (Å²) in [5.74, 6) is 0. The SMILES string of the molecule is c1ccc(-c2ccc(N(c3ccc4c(ccc5ccccc54)c3)c3ccccc3-c3cccc(-c4cccc5ccccc45)c3)cc2)cc1. The molecule has 0 atom stereocenters. The van der Waals surface area contributed by atoms with E-state index < -0.39 is 0 Å². The zero-order chi connectivity index (χ0) is 32.6.